The van der Waals surface area contributed by atoms with Gasteiger partial charge in [-0.15, -0.1) is 24.8 Å². The van der Waals surface area contributed by atoms with Gasteiger partial charge >= 0.3 is 0 Å². The third-order valence-electron chi connectivity index (χ3n) is 3.80. The van der Waals surface area contributed by atoms with Crippen LogP contribution in [0.2, 0.25) is 0 Å². The predicted octanol–water partition coefficient (Wildman–Crippen LogP) is 0.535. The molecule has 1 heterocycles. The average molecular weight is 350 g/mol. The summed E-state index contributed by atoms with van der Waals surface area (Å²) in [6, 6.07) is 8.75. The highest BCUT2D eigenvalue weighted by Gasteiger charge is 2.28. The Balaban J connectivity index is 0.00000220. The standard InChI is InChI=1S/C15H23N3O2.2ClH/c1-17-7-9-18(10-8-17)15(20)14(16)13(19)11-12-5-3-2-4-6-12;;/h2-6,13-14,19H,7-11,16H2,1H3;2*1H/t13-,14+;;/m0../s1. The van der Waals surface area contributed by atoms with Gasteiger partial charge in [0.1, 0.15) is 6.04 Å². The van der Waals surface area contributed by atoms with Crippen LogP contribution in [-0.4, -0.2) is 66.2 Å². The van der Waals surface area contributed by atoms with Crippen molar-refractivity contribution in [2.45, 2.75) is 18.6 Å². The molecule has 0 aliphatic carbocycles. The second-order valence-electron chi connectivity index (χ2n) is 5.41. The van der Waals surface area contributed by atoms with Gasteiger partial charge in [0.05, 0.1) is 6.10 Å². The van der Waals surface area contributed by atoms with Crippen LogP contribution in [0.15, 0.2) is 30.3 Å². The van der Waals surface area contributed by atoms with Crippen LogP contribution in [0, 0.1) is 0 Å². The third-order valence-corrected chi connectivity index (χ3v) is 3.80. The summed E-state index contributed by atoms with van der Waals surface area (Å²) in [5.41, 5.74) is 6.91. The number of halogens is 2. The summed E-state index contributed by atoms with van der Waals surface area (Å²) in [6.07, 6.45) is -0.439. The highest BCUT2D eigenvalue weighted by atomic mass is 35.5. The zero-order chi connectivity index (χ0) is 14.5. The molecule has 0 radical (unpaired) electrons. The minimum Gasteiger partial charge on any atom is -0.391 e. The number of aliphatic hydroxyl groups excluding tert-OH is 1. The Labute approximate surface area is 144 Å². The molecule has 126 valence electrons. The van der Waals surface area contributed by atoms with Gasteiger partial charge in [0.25, 0.3) is 0 Å². The first kappa shape index (κ1) is 21.1. The van der Waals surface area contributed by atoms with Crippen molar-refractivity contribution in [1.82, 2.24) is 9.80 Å². The molecular weight excluding hydrogens is 325 g/mol. The summed E-state index contributed by atoms with van der Waals surface area (Å²) in [5.74, 6) is -0.151. The highest BCUT2D eigenvalue weighted by Crippen LogP contribution is 2.08. The second kappa shape index (κ2) is 10.0. The van der Waals surface area contributed by atoms with Gasteiger partial charge < -0.3 is 20.6 Å². The lowest BCUT2D eigenvalue weighted by Crippen LogP contribution is -2.55. The van der Waals surface area contributed by atoms with Gasteiger partial charge in [0, 0.05) is 32.6 Å². The molecule has 0 aromatic heterocycles. The van der Waals surface area contributed by atoms with Crippen LogP contribution in [0.5, 0.6) is 0 Å². The lowest BCUT2D eigenvalue weighted by atomic mass is 10.0. The van der Waals surface area contributed by atoms with Crippen LogP contribution in [0.1, 0.15) is 5.56 Å². The van der Waals surface area contributed by atoms with Gasteiger partial charge in [0.15, 0.2) is 0 Å². The monoisotopic (exact) mass is 349 g/mol. The SMILES string of the molecule is CN1CCN(C(=O)[C@H](N)[C@@H](O)Cc2ccccc2)CC1.Cl.Cl. The van der Waals surface area contributed by atoms with E-state index in [0.29, 0.717) is 19.5 Å². The Morgan fingerprint density at radius 1 is 1.18 bits per heavy atom. The number of likely N-dealkylation sites (N-methyl/N-ethyl adjacent to an activating group) is 1. The second-order valence-corrected chi connectivity index (χ2v) is 5.41. The summed E-state index contributed by atoms with van der Waals surface area (Å²) in [7, 11) is 2.03. The molecule has 0 bridgehead atoms. The Kier molecular flexibility index (Phi) is 9.64. The minimum absolute atomic E-state index is 0. The third kappa shape index (κ3) is 5.74. The zero-order valence-corrected chi connectivity index (χ0v) is 14.4. The predicted molar refractivity (Wildman–Crippen MR) is 92.7 cm³/mol. The fourth-order valence-electron chi connectivity index (χ4n) is 2.38. The van der Waals surface area contributed by atoms with Crippen molar-refractivity contribution in [3.05, 3.63) is 35.9 Å². The van der Waals surface area contributed by atoms with E-state index < -0.39 is 12.1 Å². The molecule has 0 unspecified atom stereocenters. The first-order chi connectivity index (χ1) is 9.58. The van der Waals surface area contributed by atoms with E-state index in [1.165, 1.54) is 0 Å². The van der Waals surface area contributed by atoms with Crippen LogP contribution < -0.4 is 5.73 Å². The van der Waals surface area contributed by atoms with Crippen molar-refractivity contribution < 1.29 is 9.90 Å². The molecule has 5 nitrogen and oxygen atoms in total. The molecule has 1 aromatic carbocycles. The number of nitrogens with two attached hydrogens (primary N) is 1. The average Bonchev–Trinajstić information content (AvgIpc) is 2.47. The molecule has 3 N–H and O–H groups in total. The molecule has 1 amide bonds. The Morgan fingerprint density at radius 2 is 1.73 bits per heavy atom. The Morgan fingerprint density at radius 3 is 2.27 bits per heavy atom. The topological polar surface area (TPSA) is 69.8 Å². The van der Waals surface area contributed by atoms with Gasteiger partial charge in [0.2, 0.25) is 5.91 Å². The first-order valence-electron chi connectivity index (χ1n) is 7.03. The molecule has 1 saturated heterocycles. The number of aliphatic hydroxyl groups is 1. The normalized spacial score (nSPS) is 17.9. The van der Waals surface area contributed by atoms with E-state index in [1.807, 2.05) is 37.4 Å². The summed E-state index contributed by atoms with van der Waals surface area (Å²) < 4.78 is 0. The summed E-state index contributed by atoms with van der Waals surface area (Å²) in [6.45, 7) is 3.07. The number of carbonyl (C=O) groups is 1. The summed E-state index contributed by atoms with van der Waals surface area (Å²) in [5, 5.41) is 10.1. The number of carbonyl (C=O) groups excluding carboxylic acids is 1. The smallest absolute Gasteiger partial charge is 0.242 e. The molecule has 2 atom stereocenters. The van der Waals surface area contributed by atoms with Crippen molar-refractivity contribution in [2.24, 2.45) is 5.73 Å². The van der Waals surface area contributed by atoms with Crippen molar-refractivity contribution in [3.63, 3.8) is 0 Å². The molecular formula is C15H25Cl2N3O2. The molecule has 0 saturated carbocycles. The molecule has 0 spiro atoms. The fourth-order valence-corrected chi connectivity index (χ4v) is 2.38. The number of rotatable bonds is 4. The van der Waals surface area contributed by atoms with E-state index in [2.05, 4.69) is 4.90 Å². The minimum atomic E-state index is -0.849. The maximum absolute atomic E-state index is 12.3. The molecule has 1 fully saturated rings. The molecule has 7 heteroatoms. The lowest BCUT2D eigenvalue weighted by Gasteiger charge is -2.34. The number of benzene rings is 1. The number of hydrogen-bond acceptors (Lipinski definition) is 4. The number of nitrogens with zero attached hydrogens (tertiary/aromatic N) is 2. The van der Waals surface area contributed by atoms with Crippen LogP contribution in [0.4, 0.5) is 0 Å². The number of piperazine rings is 1. The summed E-state index contributed by atoms with van der Waals surface area (Å²) in [4.78, 5) is 16.2. The van der Waals surface area contributed by atoms with Gasteiger partial charge in [-0.25, -0.2) is 0 Å². The van der Waals surface area contributed by atoms with E-state index in [1.54, 1.807) is 4.90 Å². The molecule has 2 rings (SSSR count). The van der Waals surface area contributed by atoms with Gasteiger partial charge in [-0.3, -0.25) is 4.79 Å². The van der Waals surface area contributed by atoms with Crippen molar-refractivity contribution in [3.8, 4) is 0 Å². The zero-order valence-electron chi connectivity index (χ0n) is 12.7. The Hall–Kier alpha value is -0.850. The lowest BCUT2D eigenvalue weighted by molar-refractivity contribution is -0.136. The van der Waals surface area contributed by atoms with Gasteiger partial charge in [-0.05, 0) is 12.6 Å². The van der Waals surface area contributed by atoms with Crippen LogP contribution in [0.3, 0.4) is 0 Å². The van der Waals surface area contributed by atoms with Gasteiger partial charge in [-0.2, -0.15) is 0 Å². The summed E-state index contributed by atoms with van der Waals surface area (Å²) >= 11 is 0. The Bertz CT molecular complexity index is 440. The number of hydrogen-bond donors (Lipinski definition) is 2. The van der Waals surface area contributed by atoms with Crippen LogP contribution in [0.25, 0.3) is 0 Å². The maximum Gasteiger partial charge on any atom is 0.242 e. The maximum atomic E-state index is 12.3. The number of amides is 1. The largest absolute Gasteiger partial charge is 0.391 e. The van der Waals surface area contributed by atoms with E-state index in [4.69, 9.17) is 5.73 Å². The van der Waals surface area contributed by atoms with Crippen molar-refractivity contribution >= 4 is 30.7 Å². The van der Waals surface area contributed by atoms with Crippen LogP contribution in [-0.2, 0) is 11.2 Å². The van der Waals surface area contributed by atoms with E-state index in [0.717, 1.165) is 18.7 Å². The van der Waals surface area contributed by atoms with Gasteiger partial charge in [-0.1, -0.05) is 30.3 Å². The molecule has 22 heavy (non-hydrogen) atoms. The van der Waals surface area contributed by atoms with E-state index in [9.17, 15) is 9.90 Å². The molecule has 1 aliphatic rings. The quantitative estimate of drug-likeness (QED) is 0.832. The van der Waals surface area contributed by atoms with E-state index in [-0.39, 0.29) is 30.7 Å². The van der Waals surface area contributed by atoms with Crippen molar-refractivity contribution in [1.29, 1.82) is 0 Å². The van der Waals surface area contributed by atoms with E-state index >= 15 is 0 Å². The first-order valence-corrected chi connectivity index (χ1v) is 7.03. The molecule has 1 aliphatic heterocycles. The molecule has 1 aromatic rings. The van der Waals surface area contributed by atoms with Crippen molar-refractivity contribution in [2.75, 3.05) is 33.2 Å². The van der Waals surface area contributed by atoms with Crippen LogP contribution >= 0.6 is 24.8 Å². The highest BCUT2D eigenvalue weighted by molar-refractivity contribution is 5.85. The fraction of sp³-hybridized carbons (Fsp3) is 0.533.